The van der Waals surface area contributed by atoms with Crippen molar-refractivity contribution in [2.24, 2.45) is 0 Å². The lowest BCUT2D eigenvalue weighted by Crippen LogP contribution is -1.84. The van der Waals surface area contributed by atoms with Gasteiger partial charge in [-0.15, -0.1) is 0 Å². The highest BCUT2D eigenvalue weighted by Gasteiger charge is 2.02. The fourth-order valence-corrected chi connectivity index (χ4v) is 0.912. The summed E-state index contributed by atoms with van der Waals surface area (Å²) in [5, 5.41) is 8.47. The number of nitriles is 1. The molecule has 0 spiro atoms. The molecule has 0 saturated carbocycles. The number of pyridine rings is 1. The number of alkyl halides is 1. The molecule has 0 bridgehead atoms. The quantitative estimate of drug-likeness (QED) is 0.646. The smallest absolute Gasteiger partial charge is 0.126 e. The number of halogens is 1. The summed E-state index contributed by atoms with van der Waals surface area (Å²) in [7, 11) is 0. The highest BCUT2D eigenvalue weighted by molar-refractivity contribution is 9.09. The van der Waals surface area contributed by atoms with Gasteiger partial charge < -0.3 is 0 Å². The Bertz CT molecular complexity index is 240. The second kappa shape index (κ2) is 3.33. The van der Waals surface area contributed by atoms with Gasteiger partial charge in [0, 0.05) is 12.4 Å². The molecule has 0 amide bonds. The predicted octanol–water partition coefficient (Wildman–Crippen LogP) is 2.04. The minimum atomic E-state index is -0.213. The van der Waals surface area contributed by atoms with Gasteiger partial charge in [-0.25, -0.2) is 0 Å². The first kappa shape index (κ1) is 7.23. The summed E-state index contributed by atoms with van der Waals surface area (Å²) in [5.74, 6) is 0. The molecular weight excluding hydrogens is 192 g/mol. The molecule has 10 heavy (non-hydrogen) atoms. The third-order valence-corrected chi connectivity index (χ3v) is 1.85. The normalized spacial score (nSPS) is 12.0. The van der Waals surface area contributed by atoms with Gasteiger partial charge in [-0.3, -0.25) is 4.98 Å². The number of nitrogens with zero attached hydrogens (tertiary/aromatic N) is 2. The van der Waals surface area contributed by atoms with E-state index < -0.39 is 0 Å². The molecule has 0 fully saturated rings. The van der Waals surface area contributed by atoms with E-state index in [9.17, 15) is 0 Å². The first-order valence-electron chi connectivity index (χ1n) is 2.78. The molecule has 1 rings (SSSR count). The molecule has 1 atom stereocenters. The Balaban J connectivity index is 2.88. The van der Waals surface area contributed by atoms with Gasteiger partial charge in [-0.1, -0.05) is 15.9 Å². The number of hydrogen-bond donors (Lipinski definition) is 0. The van der Waals surface area contributed by atoms with Crippen LogP contribution in [0.3, 0.4) is 0 Å². The largest absolute Gasteiger partial charge is 0.265 e. The van der Waals surface area contributed by atoms with Crippen molar-refractivity contribution >= 4 is 15.9 Å². The maximum Gasteiger partial charge on any atom is 0.126 e. The fourth-order valence-electron chi connectivity index (χ4n) is 0.607. The standard InChI is InChI=1S/C7H5BrN2/c8-7(5-9)6-1-3-10-4-2-6/h1-4,7H. The molecule has 0 radical (unpaired) electrons. The molecule has 1 aromatic heterocycles. The summed E-state index contributed by atoms with van der Waals surface area (Å²) in [5.41, 5.74) is 0.942. The zero-order valence-corrected chi connectivity index (χ0v) is 6.75. The third-order valence-electron chi connectivity index (χ3n) is 1.11. The van der Waals surface area contributed by atoms with E-state index in [1.165, 1.54) is 0 Å². The van der Waals surface area contributed by atoms with Crippen LogP contribution in [0.2, 0.25) is 0 Å². The molecule has 0 N–H and O–H groups in total. The van der Waals surface area contributed by atoms with Crippen LogP contribution < -0.4 is 0 Å². The third kappa shape index (κ3) is 1.55. The van der Waals surface area contributed by atoms with Crippen molar-refractivity contribution in [3.05, 3.63) is 30.1 Å². The second-order valence-corrected chi connectivity index (χ2v) is 2.69. The number of rotatable bonds is 1. The Morgan fingerprint density at radius 1 is 1.50 bits per heavy atom. The summed E-state index contributed by atoms with van der Waals surface area (Å²) in [6.45, 7) is 0. The van der Waals surface area contributed by atoms with Crippen molar-refractivity contribution in [2.45, 2.75) is 4.83 Å². The number of aromatic nitrogens is 1. The van der Waals surface area contributed by atoms with E-state index >= 15 is 0 Å². The summed E-state index contributed by atoms with van der Waals surface area (Å²) in [6, 6.07) is 5.69. The Kier molecular flexibility index (Phi) is 2.41. The first-order chi connectivity index (χ1) is 4.84. The average molecular weight is 197 g/mol. The second-order valence-electron chi connectivity index (χ2n) is 1.77. The lowest BCUT2D eigenvalue weighted by molar-refractivity contribution is 1.20. The van der Waals surface area contributed by atoms with Gasteiger partial charge in [-0.05, 0) is 17.7 Å². The molecule has 1 unspecified atom stereocenters. The lowest BCUT2D eigenvalue weighted by Gasteiger charge is -1.96. The van der Waals surface area contributed by atoms with Crippen LogP contribution in [0.1, 0.15) is 10.4 Å². The molecule has 3 heteroatoms. The zero-order valence-electron chi connectivity index (χ0n) is 5.16. The molecule has 1 aromatic rings. The summed E-state index contributed by atoms with van der Waals surface area (Å²) < 4.78 is 0. The zero-order chi connectivity index (χ0) is 7.40. The maximum absolute atomic E-state index is 8.47. The van der Waals surface area contributed by atoms with Crippen LogP contribution in [0, 0.1) is 11.3 Å². The Morgan fingerprint density at radius 3 is 2.60 bits per heavy atom. The van der Waals surface area contributed by atoms with Crippen molar-refractivity contribution in [3.63, 3.8) is 0 Å². The SMILES string of the molecule is N#CC(Br)c1ccncc1. The van der Waals surface area contributed by atoms with Crippen LogP contribution in [0.4, 0.5) is 0 Å². The minimum Gasteiger partial charge on any atom is -0.265 e. The van der Waals surface area contributed by atoms with E-state index in [1.807, 2.05) is 12.1 Å². The Morgan fingerprint density at radius 2 is 2.10 bits per heavy atom. The lowest BCUT2D eigenvalue weighted by atomic mass is 10.2. The van der Waals surface area contributed by atoms with E-state index in [0.29, 0.717) is 0 Å². The topological polar surface area (TPSA) is 36.7 Å². The van der Waals surface area contributed by atoms with E-state index in [2.05, 4.69) is 27.0 Å². The molecule has 0 aromatic carbocycles. The van der Waals surface area contributed by atoms with Gasteiger partial charge in [-0.2, -0.15) is 5.26 Å². The van der Waals surface area contributed by atoms with Gasteiger partial charge in [0.25, 0.3) is 0 Å². The predicted molar refractivity (Wildman–Crippen MR) is 41.5 cm³/mol. The summed E-state index contributed by atoms with van der Waals surface area (Å²) in [4.78, 5) is 3.62. The van der Waals surface area contributed by atoms with Gasteiger partial charge in [0.2, 0.25) is 0 Å². The van der Waals surface area contributed by atoms with Crippen LogP contribution in [0.15, 0.2) is 24.5 Å². The van der Waals surface area contributed by atoms with Crippen LogP contribution in [-0.4, -0.2) is 4.98 Å². The van der Waals surface area contributed by atoms with Crippen molar-refractivity contribution in [1.29, 1.82) is 5.26 Å². The van der Waals surface area contributed by atoms with E-state index in [-0.39, 0.29) is 4.83 Å². The highest BCUT2D eigenvalue weighted by Crippen LogP contribution is 2.19. The molecule has 2 nitrogen and oxygen atoms in total. The van der Waals surface area contributed by atoms with Crippen molar-refractivity contribution in [2.75, 3.05) is 0 Å². The maximum atomic E-state index is 8.47. The number of hydrogen-bond acceptors (Lipinski definition) is 2. The van der Waals surface area contributed by atoms with Crippen LogP contribution >= 0.6 is 15.9 Å². The fraction of sp³-hybridized carbons (Fsp3) is 0.143. The monoisotopic (exact) mass is 196 g/mol. The summed E-state index contributed by atoms with van der Waals surface area (Å²) >= 11 is 3.20. The molecule has 0 aliphatic rings. The highest BCUT2D eigenvalue weighted by atomic mass is 79.9. The molecule has 1 heterocycles. The van der Waals surface area contributed by atoms with Gasteiger partial charge in [0.15, 0.2) is 0 Å². The van der Waals surface area contributed by atoms with Crippen molar-refractivity contribution in [1.82, 2.24) is 4.98 Å². The van der Waals surface area contributed by atoms with Gasteiger partial charge in [0.05, 0.1) is 6.07 Å². The molecule has 0 aliphatic heterocycles. The van der Waals surface area contributed by atoms with Crippen molar-refractivity contribution in [3.8, 4) is 6.07 Å². The van der Waals surface area contributed by atoms with Crippen molar-refractivity contribution < 1.29 is 0 Å². The van der Waals surface area contributed by atoms with Crippen LogP contribution in [-0.2, 0) is 0 Å². The van der Waals surface area contributed by atoms with Gasteiger partial charge >= 0.3 is 0 Å². The van der Waals surface area contributed by atoms with E-state index in [0.717, 1.165) is 5.56 Å². The van der Waals surface area contributed by atoms with Gasteiger partial charge in [0.1, 0.15) is 4.83 Å². The first-order valence-corrected chi connectivity index (χ1v) is 3.70. The van der Waals surface area contributed by atoms with E-state index in [4.69, 9.17) is 5.26 Å². The van der Waals surface area contributed by atoms with E-state index in [1.54, 1.807) is 12.4 Å². The molecule has 50 valence electrons. The summed E-state index contributed by atoms with van der Waals surface area (Å²) in [6.07, 6.45) is 3.34. The minimum absolute atomic E-state index is 0.213. The molecule has 0 aliphatic carbocycles. The van der Waals surface area contributed by atoms with Crippen LogP contribution in [0.25, 0.3) is 0 Å². The Labute approximate surface area is 67.6 Å². The average Bonchev–Trinajstić information content (AvgIpc) is 2.05. The Hall–Kier alpha value is -0.880. The molecule has 0 saturated heterocycles. The van der Waals surface area contributed by atoms with Crippen LogP contribution in [0.5, 0.6) is 0 Å². The molecular formula is C7H5BrN2.